The SMILES string of the molecule is CCOC(=O)c1ccc2c(c1)nc(-c1ccc3c(c1)c1ccccc1n3CC)n2CCOC(F)(F)F. The number of carbonyl (C=O) groups excluding carboxylic acids is 1. The number of hydrogen-bond donors (Lipinski definition) is 0. The van der Waals surface area contributed by atoms with Crippen LogP contribution in [0, 0.1) is 0 Å². The van der Waals surface area contributed by atoms with Crippen molar-refractivity contribution in [1.82, 2.24) is 14.1 Å². The van der Waals surface area contributed by atoms with Gasteiger partial charge in [0.2, 0.25) is 0 Å². The molecule has 5 aromatic rings. The van der Waals surface area contributed by atoms with Crippen molar-refractivity contribution in [3.63, 3.8) is 0 Å². The fourth-order valence-electron chi connectivity index (χ4n) is 4.70. The van der Waals surface area contributed by atoms with Crippen molar-refractivity contribution < 1.29 is 27.4 Å². The average molecular weight is 496 g/mol. The first kappa shape index (κ1) is 23.9. The van der Waals surface area contributed by atoms with Crippen molar-refractivity contribution >= 4 is 38.8 Å². The van der Waals surface area contributed by atoms with Crippen molar-refractivity contribution in [3.05, 3.63) is 66.2 Å². The molecule has 0 atom stereocenters. The molecule has 3 aromatic carbocycles. The van der Waals surface area contributed by atoms with Gasteiger partial charge in [-0.1, -0.05) is 18.2 Å². The molecule has 0 aliphatic rings. The van der Waals surface area contributed by atoms with Gasteiger partial charge in [-0.25, -0.2) is 9.78 Å². The van der Waals surface area contributed by atoms with Crippen LogP contribution in [0.4, 0.5) is 13.2 Å². The van der Waals surface area contributed by atoms with Crippen LogP contribution in [0.5, 0.6) is 0 Å². The molecule has 0 fully saturated rings. The van der Waals surface area contributed by atoms with E-state index in [4.69, 9.17) is 9.72 Å². The monoisotopic (exact) mass is 495 g/mol. The number of aromatic nitrogens is 3. The predicted molar refractivity (Wildman–Crippen MR) is 132 cm³/mol. The molecule has 0 radical (unpaired) electrons. The third kappa shape index (κ3) is 4.30. The Morgan fingerprint density at radius 1 is 0.917 bits per heavy atom. The van der Waals surface area contributed by atoms with Gasteiger partial charge in [-0.15, -0.1) is 13.2 Å². The summed E-state index contributed by atoms with van der Waals surface area (Å²) in [6, 6.07) is 18.9. The molecule has 5 rings (SSSR count). The Bertz CT molecular complexity index is 1580. The van der Waals surface area contributed by atoms with E-state index in [2.05, 4.69) is 28.4 Å². The Morgan fingerprint density at radius 2 is 1.67 bits per heavy atom. The first-order valence-electron chi connectivity index (χ1n) is 11.7. The van der Waals surface area contributed by atoms with Gasteiger partial charge in [-0.3, -0.25) is 4.74 Å². The number of hydrogen-bond acceptors (Lipinski definition) is 4. The second kappa shape index (κ2) is 9.31. The summed E-state index contributed by atoms with van der Waals surface area (Å²) in [5.41, 5.74) is 4.34. The lowest BCUT2D eigenvalue weighted by Crippen LogP contribution is -2.17. The van der Waals surface area contributed by atoms with Gasteiger partial charge in [0, 0.05) is 40.5 Å². The molecule has 0 spiro atoms. The van der Waals surface area contributed by atoms with Gasteiger partial charge in [0.1, 0.15) is 5.82 Å². The molecule has 2 aromatic heterocycles. The van der Waals surface area contributed by atoms with E-state index < -0.39 is 18.9 Å². The summed E-state index contributed by atoms with van der Waals surface area (Å²) in [6.45, 7) is 4.19. The van der Waals surface area contributed by atoms with Crippen LogP contribution in [0.3, 0.4) is 0 Å². The van der Waals surface area contributed by atoms with Crippen LogP contribution in [-0.2, 0) is 22.6 Å². The summed E-state index contributed by atoms with van der Waals surface area (Å²) in [4.78, 5) is 17.0. The minimum absolute atomic E-state index is 0.0706. The van der Waals surface area contributed by atoms with Gasteiger partial charge in [0.05, 0.1) is 29.8 Å². The topological polar surface area (TPSA) is 58.3 Å². The molecular formula is C27H24F3N3O3. The fourth-order valence-corrected chi connectivity index (χ4v) is 4.70. The highest BCUT2D eigenvalue weighted by Gasteiger charge is 2.29. The number of imidazole rings is 1. The lowest BCUT2D eigenvalue weighted by molar-refractivity contribution is -0.325. The van der Waals surface area contributed by atoms with E-state index in [1.54, 1.807) is 29.7 Å². The van der Waals surface area contributed by atoms with Crippen LogP contribution in [0.25, 0.3) is 44.2 Å². The first-order chi connectivity index (χ1) is 17.3. The molecule has 0 unspecified atom stereocenters. The molecule has 0 aliphatic carbocycles. The lowest BCUT2D eigenvalue weighted by Gasteiger charge is -2.12. The fraction of sp³-hybridized carbons (Fsp3) is 0.259. The van der Waals surface area contributed by atoms with Crippen LogP contribution in [-0.4, -0.2) is 39.7 Å². The van der Waals surface area contributed by atoms with E-state index in [0.29, 0.717) is 22.4 Å². The minimum atomic E-state index is -4.73. The number of carbonyl (C=O) groups is 1. The summed E-state index contributed by atoms with van der Waals surface area (Å²) >= 11 is 0. The number of fused-ring (bicyclic) bond motifs is 4. The highest BCUT2D eigenvalue weighted by molar-refractivity contribution is 6.09. The molecule has 0 saturated carbocycles. The zero-order valence-electron chi connectivity index (χ0n) is 19.8. The maximum absolute atomic E-state index is 12.7. The number of ether oxygens (including phenoxy) is 2. The second-order valence-electron chi connectivity index (χ2n) is 8.30. The van der Waals surface area contributed by atoms with Crippen LogP contribution >= 0.6 is 0 Å². The standard InChI is InChI=1S/C27H24F3N3O3/c1-3-32-22-8-6-5-7-19(22)20-15-17(9-11-23(20)32)25-31-21-16-18(26(34)35-4-2)10-12-24(21)33(25)13-14-36-27(28,29)30/h5-12,15-16H,3-4,13-14H2,1-2H3. The van der Waals surface area contributed by atoms with Crippen LogP contribution in [0.1, 0.15) is 24.2 Å². The van der Waals surface area contributed by atoms with Crippen LogP contribution in [0.15, 0.2) is 60.7 Å². The quantitative estimate of drug-likeness (QED) is 0.241. The Morgan fingerprint density at radius 3 is 2.42 bits per heavy atom. The first-order valence-corrected chi connectivity index (χ1v) is 11.7. The number of halogens is 3. The Hall–Kier alpha value is -3.85. The molecule has 0 amide bonds. The van der Waals surface area contributed by atoms with E-state index >= 15 is 0 Å². The Kier molecular flexibility index (Phi) is 6.17. The number of nitrogens with zero attached hydrogens (tertiary/aromatic N) is 3. The second-order valence-corrected chi connectivity index (χ2v) is 8.30. The summed E-state index contributed by atoms with van der Waals surface area (Å²) < 4.78 is 51.1. The summed E-state index contributed by atoms with van der Waals surface area (Å²) in [5, 5.41) is 2.12. The molecule has 2 heterocycles. The summed E-state index contributed by atoms with van der Waals surface area (Å²) in [6.07, 6.45) is -4.73. The highest BCUT2D eigenvalue weighted by atomic mass is 19.4. The van der Waals surface area contributed by atoms with Gasteiger partial charge in [0.15, 0.2) is 0 Å². The molecule has 0 aliphatic heterocycles. The highest BCUT2D eigenvalue weighted by Crippen LogP contribution is 2.34. The van der Waals surface area contributed by atoms with E-state index in [1.807, 2.05) is 30.3 Å². The molecule has 0 N–H and O–H groups in total. The van der Waals surface area contributed by atoms with Crippen molar-refractivity contribution in [2.45, 2.75) is 33.3 Å². The zero-order chi connectivity index (χ0) is 25.4. The molecule has 6 nitrogen and oxygen atoms in total. The smallest absolute Gasteiger partial charge is 0.462 e. The number of alkyl halides is 3. The van der Waals surface area contributed by atoms with Crippen molar-refractivity contribution in [2.75, 3.05) is 13.2 Å². The molecular weight excluding hydrogens is 471 g/mol. The van der Waals surface area contributed by atoms with Crippen LogP contribution in [0.2, 0.25) is 0 Å². The number of aryl methyl sites for hydroxylation is 1. The van der Waals surface area contributed by atoms with E-state index in [1.165, 1.54) is 0 Å². The Labute approximate surface area is 204 Å². The van der Waals surface area contributed by atoms with Gasteiger partial charge >= 0.3 is 12.3 Å². The van der Waals surface area contributed by atoms with E-state index in [9.17, 15) is 18.0 Å². The zero-order valence-corrected chi connectivity index (χ0v) is 19.8. The lowest BCUT2D eigenvalue weighted by atomic mass is 10.1. The van der Waals surface area contributed by atoms with Crippen molar-refractivity contribution in [1.29, 1.82) is 0 Å². The summed E-state index contributed by atoms with van der Waals surface area (Å²) in [7, 11) is 0. The molecule has 0 saturated heterocycles. The van der Waals surface area contributed by atoms with E-state index in [0.717, 1.165) is 33.9 Å². The third-order valence-corrected chi connectivity index (χ3v) is 6.19. The largest absolute Gasteiger partial charge is 0.522 e. The number of benzene rings is 3. The molecule has 186 valence electrons. The minimum Gasteiger partial charge on any atom is -0.462 e. The van der Waals surface area contributed by atoms with Crippen LogP contribution < -0.4 is 0 Å². The van der Waals surface area contributed by atoms with E-state index in [-0.39, 0.29) is 13.2 Å². The van der Waals surface area contributed by atoms with Gasteiger partial charge in [0.25, 0.3) is 0 Å². The molecule has 0 bridgehead atoms. The molecule has 9 heteroatoms. The van der Waals surface area contributed by atoms with Gasteiger partial charge in [-0.2, -0.15) is 0 Å². The predicted octanol–water partition coefficient (Wildman–Crippen LogP) is 6.54. The molecule has 36 heavy (non-hydrogen) atoms. The number of para-hydroxylation sites is 1. The average Bonchev–Trinajstić information content (AvgIpc) is 3.38. The summed E-state index contributed by atoms with van der Waals surface area (Å²) in [5.74, 6) is 0.0108. The number of rotatable bonds is 7. The maximum atomic E-state index is 12.7. The third-order valence-electron chi connectivity index (χ3n) is 6.19. The van der Waals surface area contributed by atoms with Gasteiger partial charge in [-0.05, 0) is 56.3 Å². The normalized spacial score (nSPS) is 12.1. The Balaban J connectivity index is 1.66. The maximum Gasteiger partial charge on any atom is 0.522 e. The van der Waals surface area contributed by atoms with Gasteiger partial charge < -0.3 is 13.9 Å². The van der Waals surface area contributed by atoms with Crippen molar-refractivity contribution in [3.8, 4) is 11.4 Å². The van der Waals surface area contributed by atoms with Crippen molar-refractivity contribution in [2.24, 2.45) is 0 Å². The number of esters is 1.